The van der Waals surface area contributed by atoms with Gasteiger partial charge < -0.3 is 5.32 Å². The van der Waals surface area contributed by atoms with E-state index < -0.39 is 0 Å². The smallest absolute Gasteiger partial charge is 0.293 e. The summed E-state index contributed by atoms with van der Waals surface area (Å²) in [6.45, 7) is 5.82. The zero-order chi connectivity index (χ0) is 20.5. The summed E-state index contributed by atoms with van der Waals surface area (Å²) < 4.78 is 2.60. The molecule has 2 heterocycles. The lowest BCUT2D eigenvalue weighted by Crippen LogP contribution is -2.30. The number of nitrogens with one attached hydrogen (secondary N) is 1. The number of rotatable bonds is 4. The number of fused-ring (bicyclic) bond motifs is 1. The molecule has 7 heteroatoms. The molecular formula is C22H21N5O2. The normalized spacial score (nSPS) is 11.0. The minimum absolute atomic E-state index is 0.173. The van der Waals surface area contributed by atoms with Crippen LogP contribution in [0.5, 0.6) is 0 Å². The predicted octanol–water partition coefficient (Wildman–Crippen LogP) is 3.12. The maximum Gasteiger partial charge on any atom is 0.293 e. The Morgan fingerprint density at radius 1 is 1.00 bits per heavy atom. The van der Waals surface area contributed by atoms with E-state index in [0.717, 1.165) is 26.9 Å². The second-order valence-electron chi connectivity index (χ2n) is 7.19. The van der Waals surface area contributed by atoms with Crippen LogP contribution in [-0.2, 0) is 11.3 Å². The van der Waals surface area contributed by atoms with Crippen LogP contribution in [0.1, 0.15) is 16.7 Å². The van der Waals surface area contributed by atoms with E-state index in [1.807, 2.05) is 63.2 Å². The second-order valence-corrected chi connectivity index (χ2v) is 7.19. The summed E-state index contributed by atoms with van der Waals surface area (Å²) in [4.78, 5) is 25.1. The van der Waals surface area contributed by atoms with Crippen molar-refractivity contribution in [2.24, 2.45) is 0 Å². The van der Waals surface area contributed by atoms with E-state index in [4.69, 9.17) is 0 Å². The van der Waals surface area contributed by atoms with E-state index in [9.17, 15) is 9.59 Å². The molecule has 2 aromatic heterocycles. The van der Waals surface area contributed by atoms with Gasteiger partial charge in [-0.25, -0.2) is 9.20 Å². The van der Waals surface area contributed by atoms with E-state index in [1.54, 1.807) is 6.07 Å². The largest absolute Gasteiger partial charge is 0.324 e. The van der Waals surface area contributed by atoms with Crippen molar-refractivity contribution in [2.45, 2.75) is 27.3 Å². The summed E-state index contributed by atoms with van der Waals surface area (Å²) in [7, 11) is 0. The standard InChI is InChI=1S/C22H21N5O2/c1-14-5-8-17(9-6-14)24-21(28)12-26-22(29)20-11-19(25-27(20)13-23-26)18-10-15(2)4-7-16(18)3/h4-11,13H,12H2,1-3H3,(H,24,28). The van der Waals surface area contributed by atoms with Gasteiger partial charge in [0.1, 0.15) is 18.4 Å². The molecule has 0 saturated heterocycles. The molecule has 7 nitrogen and oxygen atoms in total. The number of aromatic nitrogens is 4. The number of carbonyl (C=O) groups is 1. The summed E-state index contributed by atoms with van der Waals surface area (Å²) >= 11 is 0. The van der Waals surface area contributed by atoms with Crippen LogP contribution in [0, 0.1) is 20.8 Å². The van der Waals surface area contributed by atoms with E-state index in [2.05, 4.69) is 15.5 Å². The minimum atomic E-state index is -0.365. The molecule has 0 aliphatic rings. The fraction of sp³-hybridized carbons (Fsp3) is 0.182. The van der Waals surface area contributed by atoms with Crippen LogP contribution >= 0.6 is 0 Å². The first-order valence-corrected chi connectivity index (χ1v) is 9.30. The first kappa shape index (κ1) is 18.6. The van der Waals surface area contributed by atoms with Gasteiger partial charge in [-0.3, -0.25) is 9.59 Å². The van der Waals surface area contributed by atoms with Crippen LogP contribution in [0.15, 0.2) is 59.7 Å². The summed E-state index contributed by atoms with van der Waals surface area (Å²) in [5.41, 5.74) is 5.65. The Hall–Kier alpha value is -3.74. The molecular weight excluding hydrogens is 366 g/mol. The Labute approximate surface area is 167 Å². The number of benzene rings is 2. The van der Waals surface area contributed by atoms with Gasteiger partial charge in [-0.1, -0.05) is 35.4 Å². The Bertz CT molecular complexity index is 1270. The van der Waals surface area contributed by atoms with Gasteiger partial charge >= 0.3 is 0 Å². The summed E-state index contributed by atoms with van der Waals surface area (Å²) in [5.74, 6) is -0.318. The fourth-order valence-corrected chi connectivity index (χ4v) is 3.17. The molecule has 4 aromatic rings. The molecule has 1 amide bonds. The van der Waals surface area contributed by atoms with Gasteiger partial charge in [0.05, 0.1) is 5.69 Å². The zero-order valence-corrected chi connectivity index (χ0v) is 16.5. The quantitative estimate of drug-likeness (QED) is 0.583. The summed E-state index contributed by atoms with van der Waals surface area (Å²) in [5, 5.41) is 11.4. The zero-order valence-electron chi connectivity index (χ0n) is 16.5. The van der Waals surface area contributed by atoms with Crippen molar-refractivity contribution in [3.8, 4) is 11.3 Å². The molecule has 0 aliphatic carbocycles. The van der Waals surface area contributed by atoms with Gasteiger partial charge in [-0.05, 0) is 50.6 Å². The van der Waals surface area contributed by atoms with Crippen molar-refractivity contribution in [3.63, 3.8) is 0 Å². The van der Waals surface area contributed by atoms with Crippen molar-refractivity contribution in [3.05, 3.63) is 81.9 Å². The highest BCUT2D eigenvalue weighted by atomic mass is 16.2. The lowest BCUT2D eigenvalue weighted by Gasteiger charge is -2.07. The summed E-state index contributed by atoms with van der Waals surface area (Å²) in [6.07, 6.45) is 1.45. The van der Waals surface area contributed by atoms with Gasteiger partial charge in [0.25, 0.3) is 5.56 Å². The highest BCUT2D eigenvalue weighted by Crippen LogP contribution is 2.23. The number of amides is 1. The van der Waals surface area contributed by atoms with Gasteiger partial charge in [0, 0.05) is 11.3 Å². The summed E-state index contributed by atoms with van der Waals surface area (Å²) in [6, 6.07) is 15.3. The SMILES string of the molecule is Cc1ccc(NC(=O)Cn2ncn3nc(-c4cc(C)ccc4C)cc3c2=O)cc1. The van der Waals surface area contributed by atoms with Gasteiger partial charge in [0.2, 0.25) is 5.91 Å². The molecule has 0 aliphatic heterocycles. The molecule has 0 bridgehead atoms. The minimum Gasteiger partial charge on any atom is -0.324 e. The fourth-order valence-electron chi connectivity index (χ4n) is 3.17. The Morgan fingerprint density at radius 3 is 2.48 bits per heavy atom. The molecule has 0 radical (unpaired) electrons. The number of anilines is 1. The van der Waals surface area contributed by atoms with Crippen LogP contribution in [0.2, 0.25) is 0 Å². The van der Waals surface area contributed by atoms with E-state index in [1.165, 1.54) is 10.8 Å². The van der Waals surface area contributed by atoms with Crippen LogP contribution in [0.3, 0.4) is 0 Å². The number of hydrogen-bond donors (Lipinski definition) is 1. The predicted molar refractivity (Wildman–Crippen MR) is 112 cm³/mol. The van der Waals surface area contributed by atoms with Crippen molar-refractivity contribution in [2.75, 3.05) is 5.32 Å². The topological polar surface area (TPSA) is 81.3 Å². The van der Waals surface area contributed by atoms with Crippen LogP contribution < -0.4 is 10.9 Å². The monoisotopic (exact) mass is 387 g/mol. The van der Waals surface area contributed by atoms with Gasteiger partial charge in [-0.15, -0.1) is 0 Å². The average Bonchev–Trinajstić information content (AvgIpc) is 3.13. The molecule has 0 saturated carbocycles. The van der Waals surface area contributed by atoms with Crippen molar-refractivity contribution < 1.29 is 4.79 Å². The van der Waals surface area contributed by atoms with Crippen molar-refractivity contribution in [1.29, 1.82) is 0 Å². The number of carbonyl (C=O) groups excluding carboxylic acids is 1. The molecule has 4 rings (SSSR count). The molecule has 2 aromatic carbocycles. The number of hydrogen-bond acceptors (Lipinski definition) is 4. The number of nitrogens with zero attached hydrogens (tertiary/aromatic N) is 4. The van der Waals surface area contributed by atoms with Crippen molar-refractivity contribution in [1.82, 2.24) is 19.4 Å². The number of aryl methyl sites for hydroxylation is 3. The maximum absolute atomic E-state index is 12.8. The highest BCUT2D eigenvalue weighted by Gasteiger charge is 2.13. The third-order valence-electron chi connectivity index (χ3n) is 4.79. The lowest BCUT2D eigenvalue weighted by molar-refractivity contribution is -0.117. The molecule has 1 N–H and O–H groups in total. The van der Waals surface area contributed by atoms with E-state index in [0.29, 0.717) is 16.9 Å². The molecule has 0 spiro atoms. The van der Waals surface area contributed by atoms with Crippen molar-refractivity contribution >= 4 is 17.1 Å². The first-order valence-electron chi connectivity index (χ1n) is 9.30. The van der Waals surface area contributed by atoms with E-state index in [-0.39, 0.29) is 18.0 Å². The maximum atomic E-state index is 12.8. The van der Waals surface area contributed by atoms with Crippen LogP contribution in [0.4, 0.5) is 5.69 Å². The molecule has 29 heavy (non-hydrogen) atoms. The van der Waals surface area contributed by atoms with Gasteiger partial charge in [0.15, 0.2) is 0 Å². The third kappa shape index (κ3) is 3.80. The lowest BCUT2D eigenvalue weighted by atomic mass is 10.0. The first-order chi connectivity index (χ1) is 13.9. The van der Waals surface area contributed by atoms with Crippen LogP contribution in [-0.4, -0.2) is 25.3 Å². The molecule has 0 unspecified atom stereocenters. The Morgan fingerprint density at radius 2 is 1.72 bits per heavy atom. The third-order valence-corrected chi connectivity index (χ3v) is 4.79. The molecule has 0 atom stereocenters. The van der Waals surface area contributed by atoms with Crippen LogP contribution in [0.25, 0.3) is 16.8 Å². The Kier molecular flexibility index (Phi) is 4.72. The molecule has 146 valence electrons. The highest BCUT2D eigenvalue weighted by molar-refractivity contribution is 5.90. The molecule has 0 fully saturated rings. The average molecular weight is 387 g/mol. The van der Waals surface area contributed by atoms with Gasteiger partial charge in [-0.2, -0.15) is 10.2 Å². The second kappa shape index (κ2) is 7.35. The Balaban J connectivity index is 1.62. The van der Waals surface area contributed by atoms with E-state index >= 15 is 0 Å².